The number of rotatable bonds is 2. The molecule has 0 unspecified atom stereocenters. The van der Waals surface area contributed by atoms with Gasteiger partial charge in [-0.15, -0.1) is 0 Å². The Kier molecular flexibility index (Phi) is 3.22. The van der Waals surface area contributed by atoms with Crippen molar-refractivity contribution in [1.82, 2.24) is 8.96 Å². The van der Waals surface area contributed by atoms with Crippen molar-refractivity contribution >= 4 is 32.7 Å². The predicted octanol–water partition coefficient (Wildman–Crippen LogP) is 3.37. The molecule has 0 atom stereocenters. The van der Waals surface area contributed by atoms with Gasteiger partial charge in [0, 0.05) is 11.6 Å². The van der Waals surface area contributed by atoms with E-state index in [2.05, 4.69) is 4.98 Å². The Hall–Kier alpha value is -1.92. The fourth-order valence-corrected chi connectivity index (χ4v) is 3.47. The first kappa shape index (κ1) is 14.0. The molecule has 0 radical (unpaired) electrons. The van der Waals surface area contributed by atoms with Gasteiger partial charge in [-0.25, -0.2) is 12.4 Å². The molecule has 0 aliphatic heterocycles. The SMILES string of the molecule is Cc1ccc(S(=O)(=O)n2ccc3cc(Cl)c(F)nc32)cc1. The second-order valence-corrected chi connectivity index (χ2v) is 6.83. The lowest BCUT2D eigenvalue weighted by Crippen LogP contribution is -2.12. The number of hydrogen-bond acceptors (Lipinski definition) is 3. The van der Waals surface area contributed by atoms with Crippen LogP contribution in [-0.4, -0.2) is 17.4 Å². The van der Waals surface area contributed by atoms with Crippen LogP contribution in [0.3, 0.4) is 0 Å². The van der Waals surface area contributed by atoms with Crippen molar-refractivity contribution in [3.05, 3.63) is 59.1 Å². The first-order valence-corrected chi connectivity index (χ1v) is 7.87. The molecule has 0 saturated carbocycles. The molecule has 0 amide bonds. The molecule has 2 aromatic heterocycles. The molecule has 1 aromatic carbocycles. The summed E-state index contributed by atoms with van der Waals surface area (Å²) in [5, 5.41) is 0.310. The maximum Gasteiger partial charge on any atom is 0.269 e. The molecule has 7 heteroatoms. The van der Waals surface area contributed by atoms with Crippen molar-refractivity contribution in [2.45, 2.75) is 11.8 Å². The average Bonchev–Trinajstić information content (AvgIpc) is 2.83. The molecule has 0 aliphatic rings. The van der Waals surface area contributed by atoms with Crippen LogP contribution in [0.15, 0.2) is 47.5 Å². The predicted molar refractivity (Wildman–Crippen MR) is 78.5 cm³/mol. The summed E-state index contributed by atoms with van der Waals surface area (Å²) in [7, 11) is -3.82. The Labute approximate surface area is 125 Å². The Morgan fingerprint density at radius 1 is 1.19 bits per heavy atom. The van der Waals surface area contributed by atoms with E-state index in [1.165, 1.54) is 30.5 Å². The van der Waals surface area contributed by atoms with E-state index in [-0.39, 0.29) is 15.6 Å². The Balaban J connectivity index is 2.24. The minimum absolute atomic E-state index is 0.0116. The highest BCUT2D eigenvalue weighted by Crippen LogP contribution is 2.24. The van der Waals surface area contributed by atoms with E-state index in [1.54, 1.807) is 12.1 Å². The van der Waals surface area contributed by atoms with Gasteiger partial charge in [-0.05, 0) is 31.2 Å². The molecule has 0 saturated heterocycles. The maximum atomic E-state index is 13.5. The van der Waals surface area contributed by atoms with Crippen LogP contribution in [-0.2, 0) is 10.0 Å². The van der Waals surface area contributed by atoms with Gasteiger partial charge in [-0.2, -0.15) is 9.37 Å². The standard InChI is InChI=1S/C14H10ClFN2O2S/c1-9-2-4-11(5-3-9)21(19,20)18-7-6-10-8-12(15)13(16)17-14(10)18/h2-8H,1H3. The fraction of sp³-hybridized carbons (Fsp3) is 0.0714. The lowest BCUT2D eigenvalue weighted by molar-refractivity contribution is 0.582. The summed E-state index contributed by atoms with van der Waals surface area (Å²) in [4.78, 5) is 3.74. The Morgan fingerprint density at radius 3 is 2.52 bits per heavy atom. The van der Waals surface area contributed by atoms with Crippen LogP contribution < -0.4 is 0 Å². The quantitative estimate of drug-likeness (QED) is 0.679. The van der Waals surface area contributed by atoms with Crippen LogP contribution in [0.2, 0.25) is 5.02 Å². The van der Waals surface area contributed by atoms with Crippen LogP contribution in [0, 0.1) is 12.9 Å². The number of aryl methyl sites for hydroxylation is 1. The summed E-state index contributed by atoms with van der Waals surface area (Å²) in [6, 6.07) is 9.28. The molecule has 4 nitrogen and oxygen atoms in total. The fourth-order valence-electron chi connectivity index (χ4n) is 2.01. The van der Waals surface area contributed by atoms with E-state index in [0.717, 1.165) is 9.54 Å². The summed E-state index contributed by atoms with van der Waals surface area (Å²) in [5.41, 5.74) is 0.958. The van der Waals surface area contributed by atoms with Crippen LogP contribution in [0.4, 0.5) is 4.39 Å². The average molecular weight is 325 g/mol. The van der Waals surface area contributed by atoms with Crippen LogP contribution in [0.1, 0.15) is 5.56 Å². The number of pyridine rings is 1. The Bertz CT molecular complexity index is 934. The number of fused-ring (bicyclic) bond motifs is 1. The highest BCUT2D eigenvalue weighted by atomic mass is 35.5. The second kappa shape index (κ2) is 4.82. The monoisotopic (exact) mass is 324 g/mol. The molecule has 108 valence electrons. The van der Waals surface area contributed by atoms with E-state index in [4.69, 9.17) is 11.6 Å². The van der Waals surface area contributed by atoms with E-state index < -0.39 is 16.0 Å². The molecule has 21 heavy (non-hydrogen) atoms. The van der Waals surface area contributed by atoms with Crippen molar-refractivity contribution in [1.29, 1.82) is 0 Å². The molecule has 0 aliphatic carbocycles. The molecule has 0 fully saturated rings. The van der Waals surface area contributed by atoms with Crippen molar-refractivity contribution in [2.75, 3.05) is 0 Å². The third-order valence-electron chi connectivity index (χ3n) is 3.12. The summed E-state index contributed by atoms with van der Waals surface area (Å²) in [6.07, 6.45) is 1.34. The highest BCUT2D eigenvalue weighted by molar-refractivity contribution is 7.90. The summed E-state index contributed by atoms with van der Waals surface area (Å²) in [6.45, 7) is 1.86. The number of benzene rings is 1. The lowest BCUT2D eigenvalue weighted by Gasteiger charge is -2.07. The van der Waals surface area contributed by atoms with E-state index in [0.29, 0.717) is 5.39 Å². The summed E-state index contributed by atoms with van der Waals surface area (Å²) in [5.74, 6) is -0.900. The topological polar surface area (TPSA) is 52.0 Å². The minimum atomic E-state index is -3.82. The van der Waals surface area contributed by atoms with E-state index >= 15 is 0 Å². The summed E-state index contributed by atoms with van der Waals surface area (Å²) < 4.78 is 39.6. The molecular weight excluding hydrogens is 315 g/mol. The van der Waals surface area contributed by atoms with Crippen LogP contribution in [0.5, 0.6) is 0 Å². The van der Waals surface area contributed by atoms with Gasteiger partial charge in [0.05, 0.1) is 9.92 Å². The van der Waals surface area contributed by atoms with Crippen molar-refractivity contribution in [2.24, 2.45) is 0 Å². The molecule has 2 heterocycles. The van der Waals surface area contributed by atoms with Gasteiger partial charge in [-0.3, -0.25) is 0 Å². The van der Waals surface area contributed by atoms with Gasteiger partial charge < -0.3 is 0 Å². The zero-order valence-corrected chi connectivity index (χ0v) is 12.5. The molecule has 0 N–H and O–H groups in total. The number of halogens is 2. The third-order valence-corrected chi connectivity index (χ3v) is 5.06. The number of hydrogen-bond donors (Lipinski definition) is 0. The Morgan fingerprint density at radius 2 is 1.86 bits per heavy atom. The molecule has 3 aromatic rings. The minimum Gasteiger partial charge on any atom is -0.224 e. The van der Waals surface area contributed by atoms with Gasteiger partial charge in [0.15, 0.2) is 5.65 Å². The van der Waals surface area contributed by atoms with Gasteiger partial charge in [0.1, 0.15) is 0 Å². The molecular formula is C14H10ClFN2O2S. The van der Waals surface area contributed by atoms with Crippen LogP contribution in [0.25, 0.3) is 11.0 Å². The van der Waals surface area contributed by atoms with Gasteiger partial charge in [0.25, 0.3) is 10.0 Å². The van der Waals surface area contributed by atoms with Crippen LogP contribution >= 0.6 is 11.6 Å². The van der Waals surface area contributed by atoms with Crippen molar-refractivity contribution in [3.63, 3.8) is 0 Å². The largest absolute Gasteiger partial charge is 0.269 e. The van der Waals surface area contributed by atoms with Crippen molar-refractivity contribution in [3.8, 4) is 0 Å². The first-order chi connectivity index (χ1) is 9.89. The second-order valence-electron chi connectivity index (χ2n) is 4.60. The molecule has 3 rings (SSSR count). The third kappa shape index (κ3) is 2.30. The maximum absolute atomic E-state index is 13.5. The number of aromatic nitrogens is 2. The van der Waals surface area contributed by atoms with E-state index in [1.807, 2.05) is 6.92 Å². The normalized spacial score (nSPS) is 12.0. The molecule has 0 spiro atoms. The molecule has 0 bridgehead atoms. The highest BCUT2D eigenvalue weighted by Gasteiger charge is 2.20. The summed E-state index contributed by atoms with van der Waals surface area (Å²) >= 11 is 5.65. The van der Waals surface area contributed by atoms with Crippen molar-refractivity contribution < 1.29 is 12.8 Å². The zero-order chi connectivity index (χ0) is 15.2. The van der Waals surface area contributed by atoms with Gasteiger partial charge >= 0.3 is 0 Å². The first-order valence-electron chi connectivity index (χ1n) is 6.05. The van der Waals surface area contributed by atoms with E-state index in [9.17, 15) is 12.8 Å². The number of nitrogens with zero attached hydrogens (tertiary/aromatic N) is 2. The smallest absolute Gasteiger partial charge is 0.224 e. The zero-order valence-electron chi connectivity index (χ0n) is 10.9. The van der Waals surface area contributed by atoms with Gasteiger partial charge in [-0.1, -0.05) is 29.3 Å². The lowest BCUT2D eigenvalue weighted by atomic mass is 10.2. The van der Waals surface area contributed by atoms with Gasteiger partial charge in [0.2, 0.25) is 5.95 Å².